The van der Waals surface area contributed by atoms with Gasteiger partial charge >= 0.3 is 0 Å². The summed E-state index contributed by atoms with van der Waals surface area (Å²) < 4.78 is 31.9. The maximum atomic E-state index is 12.1. The molecule has 0 amide bonds. The van der Waals surface area contributed by atoms with Gasteiger partial charge < -0.3 is 10.5 Å². The Balaban J connectivity index is 2.86. The molecule has 0 bridgehead atoms. The van der Waals surface area contributed by atoms with E-state index in [1.807, 2.05) is 13.0 Å². The van der Waals surface area contributed by atoms with Gasteiger partial charge in [0.25, 0.3) is 0 Å². The van der Waals surface area contributed by atoms with Gasteiger partial charge in [-0.1, -0.05) is 12.1 Å². The summed E-state index contributed by atoms with van der Waals surface area (Å²) in [5, 5.41) is 0. The fourth-order valence-electron chi connectivity index (χ4n) is 1.65. The number of ether oxygens (including phenoxy) is 1. The fourth-order valence-corrected chi connectivity index (χ4v) is 3.01. The van der Waals surface area contributed by atoms with Crippen LogP contribution in [0.4, 0.5) is 0 Å². The molecule has 0 aliphatic rings. The molecule has 6 heteroatoms. The van der Waals surface area contributed by atoms with Crippen LogP contribution in [0.1, 0.15) is 12.0 Å². The van der Waals surface area contributed by atoms with E-state index in [9.17, 15) is 8.42 Å². The predicted octanol–water partition coefficient (Wildman–Crippen LogP) is 0.637. The average molecular weight is 272 g/mol. The number of aryl methyl sites for hydroxylation is 1. The van der Waals surface area contributed by atoms with Crippen molar-refractivity contribution in [3.05, 3.63) is 29.8 Å². The minimum atomic E-state index is -3.51. The number of methoxy groups -OCH3 is 1. The Hall–Kier alpha value is -0.950. The molecule has 5 nitrogen and oxygen atoms in total. The predicted molar refractivity (Wildman–Crippen MR) is 70.8 cm³/mol. The monoisotopic (exact) mass is 272 g/mol. The van der Waals surface area contributed by atoms with Gasteiger partial charge in [-0.2, -0.15) is 0 Å². The minimum Gasteiger partial charge on any atom is -0.383 e. The largest absolute Gasteiger partial charge is 0.383 e. The van der Waals surface area contributed by atoms with E-state index < -0.39 is 10.0 Å². The van der Waals surface area contributed by atoms with Crippen molar-refractivity contribution in [1.29, 1.82) is 0 Å². The number of rotatable bonds is 7. The Bertz CT molecular complexity index is 468. The van der Waals surface area contributed by atoms with Crippen molar-refractivity contribution in [3.63, 3.8) is 0 Å². The molecule has 0 spiro atoms. The molecule has 0 aliphatic carbocycles. The molecule has 0 fully saturated rings. The fraction of sp³-hybridized carbons (Fsp3) is 0.500. The van der Waals surface area contributed by atoms with E-state index in [-0.39, 0.29) is 10.9 Å². The molecule has 0 aliphatic heterocycles. The summed E-state index contributed by atoms with van der Waals surface area (Å²) in [7, 11) is -1.98. The molecule has 102 valence electrons. The molecule has 0 saturated heterocycles. The van der Waals surface area contributed by atoms with Crippen molar-refractivity contribution in [2.24, 2.45) is 5.73 Å². The second kappa shape index (κ2) is 6.84. The average Bonchev–Trinajstić information content (AvgIpc) is 2.29. The van der Waals surface area contributed by atoms with Crippen LogP contribution in [0.3, 0.4) is 0 Å². The lowest BCUT2D eigenvalue weighted by molar-refractivity contribution is 0.172. The molecular weight excluding hydrogens is 252 g/mol. The van der Waals surface area contributed by atoms with Gasteiger partial charge in [0.2, 0.25) is 10.0 Å². The molecule has 1 unspecified atom stereocenters. The Kier molecular flexibility index (Phi) is 5.74. The second-order valence-corrected chi connectivity index (χ2v) is 5.88. The van der Waals surface area contributed by atoms with Gasteiger partial charge in [-0.25, -0.2) is 13.1 Å². The van der Waals surface area contributed by atoms with Gasteiger partial charge in [0.1, 0.15) is 0 Å². The summed E-state index contributed by atoms with van der Waals surface area (Å²) in [5.74, 6) is 0. The first kappa shape index (κ1) is 15.1. The van der Waals surface area contributed by atoms with Gasteiger partial charge in [-0.15, -0.1) is 0 Å². The van der Waals surface area contributed by atoms with E-state index in [1.54, 1.807) is 18.2 Å². The molecule has 0 radical (unpaired) electrons. The van der Waals surface area contributed by atoms with Crippen LogP contribution in [0.25, 0.3) is 0 Å². The van der Waals surface area contributed by atoms with E-state index in [0.29, 0.717) is 19.6 Å². The molecule has 1 aromatic carbocycles. The van der Waals surface area contributed by atoms with Crippen LogP contribution in [0.2, 0.25) is 0 Å². The first-order valence-electron chi connectivity index (χ1n) is 5.77. The third-order valence-electron chi connectivity index (χ3n) is 2.50. The van der Waals surface area contributed by atoms with Crippen molar-refractivity contribution in [3.8, 4) is 0 Å². The SMILES string of the molecule is COCC(CCN)NS(=O)(=O)c1cccc(C)c1. The molecule has 1 rings (SSSR count). The summed E-state index contributed by atoms with van der Waals surface area (Å²) in [5.41, 5.74) is 6.35. The smallest absolute Gasteiger partial charge is 0.240 e. The zero-order valence-corrected chi connectivity index (χ0v) is 11.5. The summed E-state index contributed by atoms with van der Waals surface area (Å²) in [6.45, 7) is 2.57. The number of hydrogen-bond acceptors (Lipinski definition) is 4. The lowest BCUT2D eigenvalue weighted by atomic mass is 10.2. The highest BCUT2D eigenvalue weighted by atomic mass is 32.2. The van der Waals surface area contributed by atoms with Crippen LogP contribution in [0, 0.1) is 6.92 Å². The van der Waals surface area contributed by atoms with Crippen LogP contribution < -0.4 is 10.5 Å². The van der Waals surface area contributed by atoms with Crippen molar-refractivity contribution in [2.45, 2.75) is 24.3 Å². The molecule has 0 aromatic heterocycles. The lowest BCUT2D eigenvalue weighted by Gasteiger charge is -2.17. The molecular formula is C12H20N2O3S. The Labute approximate surface area is 108 Å². The molecule has 3 N–H and O–H groups in total. The highest BCUT2D eigenvalue weighted by Crippen LogP contribution is 2.11. The Morgan fingerprint density at radius 1 is 1.44 bits per heavy atom. The number of nitrogens with two attached hydrogens (primary N) is 1. The van der Waals surface area contributed by atoms with Gasteiger partial charge in [0.05, 0.1) is 11.5 Å². The number of nitrogens with one attached hydrogen (secondary N) is 1. The van der Waals surface area contributed by atoms with E-state index in [1.165, 1.54) is 7.11 Å². The standard InChI is InChI=1S/C12H20N2O3S/c1-10-4-3-5-12(8-10)18(15,16)14-11(6-7-13)9-17-2/h3-5,8,11,14H,6-7,9,13H2,1-2H3. The van der Waals surface area contributed by atoms with Crippen LogP contribution >= 0.6 is 0 Å². The van der Waals surface area contributed by atoms with Crippen molar-refractivity contribution >= 4 is 10.0 Å². The zero-order valence-electron chi connectivity index (χ0n) is 10.7. The second-order valence-electron chi connectivity index (χ2n) is 4.17. The lowest BCUT2D eigenvalue weighted by Crippen LogP contribution is -2.39. The third-order valence-corrected chi connectivity index (χ3v) is 4.02. The van der Waals surface area contributed by atoms with Crippen molar-refractivity contribution < 1.29 is 13.2 Å². The Morgan fingerprint density at radius 2 is 2.17 bits per heavy atom. The molecule has 1 atom stereocenters. The molecule has 0 heterocycles. The van der Waals surface area contributed by atoms with Gasteiger partial charge in [-0.05, 0) is 37.6 Å². The third kappa shape index (κ3) is 4.38. The molecule has 0 saturated carbocycles. The van der Waals surface area contributed by atoms with Crippen LogP contribution in [-0.4, -0.2) is 34.7 Å². The van der Waals surface area contributed by atoms with Crippen LogP contribution in [0.15, 0.2) is 29.2 Å². The van der Waals surface area contributed by atoms with E-state index in [0.717, 1.165) is 5.56 Å². The van der Waals surface area contributed by atoms with Gasteiger partial charge in [-0.3, -0.25) is 0 Å². The first-order valence-corrected chi connectivity index (χ1v) is 7.26. The summed E-state index contributed by atoms with van der Waals surface area (Å²) in [4.78, 5) is 0.264. The number of benzene rings is 1. The first-order chi connectivity index (χ1) is 8.49. The normalized spacial score (nSPS) is 13.5. The highest BCUT2D eigenvalue weighted by Gasteiger charge is 2.19. The van der Waals surface area contributed by atoms with Crippen molar-refractivity contribution in [1.82, 2.24) is 4.72 Å². The van der Waals surface area contributed by atoms with Crippen LogP contribution in [0.5, 0.6) is 0 Å². The topological polar surface area (TPSA) is 81.4 Å². The minimum absolute atomic E-state index is 0.264. The van der Waals surface area contributed by atoms with Crippen LogP contribution in [-0.2, 0) is 14.8 Å². The van der Waals surface area contributed by atoms with Gasteiger partial charge in [0.15, 0.2) is 0 Å². The quantitative estimate of drug-likeness (QED) is 0.763. The zero-order chi connectivity index (χ0) is 13.6. The van der Waals surface area contributed by atoms with E-state index in [4.69, 9.17) is 10.5 Å². The van der Waals surface area contributed by atoms with E-state index >= 15 is 0 Å². The van der Waals surface area contributed by atoms with Crippen molar-refractivity contribution in [2.75, 3.05) is 20.3 Å². The van der Waals surface area contributed by atoms with E-state index in [2.05, 4.69) is 4.72 Å². The maximum absolute atomic E-state index is 12.1. The number of sulfonamides is 1. The van der Waals surface area contributed by atoms with Gasteiger partial charge in [0, 0.05) is 13.2 Å². The Morgan fingerprint density at radius 3 is 2.72 bits per heavy atom. The highest BCUT2D eigenvalue weighted by molar-refractivity contribution is 7.89. The molecule has 18 heavy (non-hydrogen) atoms. The summed E-state index contributed by atoms with van der Waals surface area (Å²) in [6.07, 6.45) is 0.541. The molecule has 1 aromatic rings. The number of hydrogen-bond donors (Lipinski definition) is 2. The summed E-state index contributed by atoms with van der Waals surface area (Å²) >= 11 is 0. The maximum Gasteiger partial charge on any atom is 0.240 e. The summed E-state index contributed by atoms with van der Waals surface area (Å²) in [6, 6.07) is 6.48.